The fourth-order valence-electron chi connectivity index (χ4n) is 2.27. The molecule has 0 atom stereocenters. The van der Waals surface area contributed by atoms with Gasteiger partial charge in [-0.2, -0.15) is 5.10 Å². The van der Waals surface area contributed by atoms with Crippen molar-refractivity contribution >= 4 is 27.3 Å². The van der Waals surface area contributed by atoms with Crippen LogP contribution in [0.4, 0.5) is 5.69 Å². The Morgan fingerprint density at radius 3 is 2.42 bits per heavy atom. The van der Waals surface area contributed by atoms with Gasteiger partial charge in [-0.1, -0.05) is 38.4 Å². The van der Waals surface area contributed by atoms with E-state index in [1.54, 1.807) is 36.0 Å². The van der Waals surface area contributed by atoms with Crippen LogP contribution in [-0.2, 0) is 15.4 Å². The lowest BCUT2D eigenvalue weighted by Gasteiger charge is -2.18. The molecule has 1 N–H and O–H groups in total. The fourth-order valence-corrected chi connectivity index (χ4v) is 3.92. The minimum absolute atomic E-state index is 0.0722. The van der Waals surface area contributed by atoms with Crippen molar-refractivity contribution < 1.29 is 8.42 Å². The van der Waals surface area contributed by atoms with Crippen LogP contribution in [0.15, 0.2) is 29.3 Å². The van der Waals surface area contributed by atoms with Crippen LogP contribution in [0.3, 0.4) is 0 Å². The SMILES string of the molecule is Cc1c(Cl)cccc1NS(=O)(=O)c1cn(C(C)C)nc1C(C)(C)C. The number of benzene rings is 1. The summed E-state index contributed by atoms with van der Waals surface area (Å²) in [5.74, 6) is 0. The van der Waals surface area contributed by atoms with E-state index in [4.69, 9.17) is 11.6 Å². The summed E-state index contributed by atoms with van der Waals surface area (Å²) in [6, 6.07) is 5.21. The summed E-state index contributed by atoms with van der Waals surface area (Å²) < 4.78 is 30.2. The molecule has 0 amide bonds. The third-order valence-corrected chi connectivity index (χ3v) is 5.52. The second-order valence-corrected chi connectivity index (χ2v) is 9.24. The lowest BCUT2D eigenvalue weighted by atomic mass is 9.92. The maximum atomic E-state index is 13.0. The van der Waals surface area contributed by atoms with E-state index < -0.39 is 15.4 Å². The molecule has 0 saturated heterocycles. The Labute approximate surface area is 149 Å². The van der Waals surface area contributed by atoms with E-state index in [2.05, 4.69) is 9.82 Å². The smallest absolute Gasteiger partial charge is 0.265 e. The molecule has 5 nitrogen and oxygen atoms in total. The average molecular weight is 370 g/mol. The van der Waals surface area contributed by atoms with Crippen LogP contribution in [0, 0.1) is 6.92 Å². The maximum Gasteiger partial charge on any atom is 0.265 e. The molecule has 0 aliphatic rings. The number of hydrogen-bond donors (Lipinski definition) is 1. The van der Waals surface area contributed by atoms with Crippen molar-refractivity contribution in [1.82, 2.24) is 9.78 Å². The van der Waals surface area contributed by atoms with Crippen molar-refractivity contribution in [2.75, 3.05) is 4.72 Å². The van der Waals surface area contributed by atoms with Gasteiger partial charge in [0.15, 0.2) is 0 Å². The normalized spacial score (nSPS) is 12.7. The third-order valence-electron chi connectivity index (χ3n) is 3.74. The molecule has 0 bridgehead atoms. The quantitative estimate of drug-likeness (QED) is 0.861. The molecule has 132 valence electrons. The van der Waals surface area contributed by atoms with Gasteiger partial charge in [0.1, 0.15) is 4.90 Å². The molecule has 0 aliphatic carbocycles. The number of anilines is 1. The van der Waals surface area contributed by atoms with Crippen LogP contribution in [0.25, 0.3) is 0 Å². The Kier molecular flexibility index (Phi) is 5.02. The van der Waals surface area contributed by atoms with E-state index in [1.165, 1.54) is 0 Å². The summed E-state index contributed by atoms with van der Waals surface area (Å²) in [5.41, 5.74) is 1.31. The van der Waals surface area contributed by atoms with Crippen molar-refractivity contribution in [3.63, 3.8) is 0 Å². The number of nitrogens with zero attached hydrogens (tertiary/aromatic N) is 2. The van der Waals surface area contributed by atoms with Gasteiger partial charge in [0.05, 0.1) is 11.4 Å². The first-order valence-corrected chi connectivity index (χ1v) is 9.67. The lowest BCUT2D eigenvalue weighted by molar-refractivity contribution is 0.493. The van der Waals surface area contributed by atoms with Crippen molar-refractivity contribution in [3.05, 3.63) is 40.7 Å². The summed E-state index contributed by atoms with van der Waals surface area (Å²) in [6.45, 7) is 11.5. The van der Waals surface area contributed by atoms with Crippen LogP contribution < -0.4 is 4.72 Å². The van der Waals surface area contributed by atoms with Crippen molar-refractivity contribution in [1.29, 1.82) is 0 Å². The molecule has 0 spiro atoms. The molecule has 0 radical (unpaired) electrons. The van der Waals surface area contributed by atoms with Crippen LogP contribution >= 0.6 is 11.6 Å². The second-order valence-electron chi connectivity index (χ2n) is 7.18. The Balaban J connectivity index is 2.55. The highest BCUT2D eigenvalue weighted by Crippen LogP contribution is 2.31. The van der Waals surface area contributed by atoms with Gasteiger partial charge in [-0.05, 0) is 38.5 Å². The van der Waals surface area contributed by atoms with Crippen molar-refractivity contribution in [2.45, 2.75) is 57.9 Å². The van der Waals surface area contributed by atoms with Crippen LogP contribution in [0.5, 0.6) is 0 Å². The number of nitrogens with one attached hydrogen (secondary N) is 1. The molecule has 7 heteroatoms. The van der Waals surface area contributed by atoms with Crippen molar-refractivity contribution in [3.8, 4) is 0 Å². The van der Waals surface area contributed by atoms with Gasteiger partial charge in [0.25, 0.3) is 10.0 Å². The third kappa shape index (κ3) is 3.75. The highest BCUT2D eigenvalue weighted by Gasteiger charge is 2.30. The number of halogens is 1. The monoisotopic (exact) mass is 369 g/mol. The molecular weight excluding hydrogens is 346 g/mol. The first-order valence-electron chi connectivity index (χ1n) is 7.81. The summed E-state index contributed by atoms with van der Waals surface area (Å²) in [6.07, 6.45) is 1.59. The standard InChI is InChI=1S/C17H24ClN3O2S/c1-11(2)21-10-15(16(19-21)17(4,5)6)24(22,23)20-14-9-7-8-13(18)12(14)3/h7-11,20H,1-6H3. The van der Waals surface area contributed by atoms with Gasteiger partial charge < -0.3 is 0 Å². The first kappa shape index (κ1) is 18.8. The van der Waals surface area contributed by atoms with E-state index in [0.29, 0.717) is 22.0 Å². The highest BCUT2D eigenvalue weighted by molar-refractivity contribution is 7.92. The molecule has 2 aromatic rings. The minimum atomic E-state index is -3.77. The highest BCUT2D eigenvalue weighted by atomic mass is 35.5. The zero-order valence-electron chi connectivity index (χ0n) is 14.9. The van der Waals surface area contributed by atoms with E-state index in [9.17, 15) is 8.42 Å². The predicted molar refractivity (Wildman–Crippen MR) is 98.3 cm³/mol. The van der Waals surface area contributed by atoms with Crippen LogP contribution in [-0.4, -0.2) is 18.2 Å². The average Bonchev–Trinajstić information content (AvgIpc) is 2.90. The lowest BCUT2D eigenvalue weighted by Crippen LogP contribution is -2.20. The topological polar surface area (TPSA) is 64.0 Å². The number of sulfonamides is 1. The summed E-state index contributed by atoms with van der Waals surface area (Å²) >= 11 is 6.09. The van der Waals surface area contributed by atoms with Crippen LogP contribution in [0.1, 0.15) is 51.9 Å². The first-order chi connectivity index (χ1) is 10.9. The Morgan fingerprint density at radius 2 is 1.88 bits per heavy atom. The number of hydrogen-bond acceptors (Lipinski definition) is 3. The summed E-state index contributed by atoms with van der Waals surface area (Å²) in [5, 5.41) is 5.02. The van der Waals surface area contributed by atoms with E-state index in [1.807, 2.05) is 34.6 Å². The Morgan fingerprint density at radius 1 is 1.25 bits per heavy atom. The fraction of sp³-hybridized carbons (Fsp3) is 0.471. The van der Waals surface area contributed by atoms with Gasteiger partial charge in [0.2, 0.25) is 0 Å². The molecule has 0 unspecified atom stereocenters. The summed E-state index contributed by atoms with van der Waals surface area (Å²) in [4.78, 5) is 0.197. The van der Waals surface area contributed by atoms with E-state index >= 15 is 0 Å². The molecule has 1 heterocycles. The van der Waals surface area contributed by atoms with Gasteiger partial charge in [-0.3, -0.25) is 9.40 Å². The number of rotatable bonds is 4. The molecule has 0 saturated carbocycles. The van der Waals surface area contributed by atoms with Crippen LogP contribution in [0.2, 0.25) is 5.02 Å². The minimum Gasteiger partial charge on any atom is -0.279 e. The molecule has 0 fully saturated rings. The molecule has 2 rings (SSSR count). The molecule has 24 heavy (non-hydrogen) atoms. The largest absolute Gasteiger partial charge is 0.279 e. The van der Waals surface area contributed by atoms with E-state index in [0.717, 1.165) is 0 Å². The van der Waals surface area contributed by atoms with Gasteiger partial charge in [-0.15, -0.1) is 0 Å². The van der Waals surface area contributed by atoms with E-state index in [-0.39, 0.29) is 10.9 Å². The van der Waals surface area contributed by atoms with Crippen molar-refractivity contribution in [2.24, 2.45) is 0 Å². The molecule has 1 aromatic carbocycles. The number of aromatic nitrogens is 2. The molecular formula is C17H24ClN3O2S. The Bertz CT molecular complexity index is 849. The predicted octanol–water partition coefficient (Wildman–Crippen LogP) is 4.52. The molecule has 0 aliphatic heterocycles. The zero-order chi connectivity index (χ0) is 18.3. The summed E-state index contributed by atoms with van der Waals surface area (Å²) in [7, 11) is -3.77. The Hall–Kier alpha value is -1.53. The van der Waals surface area contributed by atoms with Gasteiger partial charge >= 0.3 is 0 Å². The molecule has 1 aromatic heterocycles. The second kappa shape index (κ2) is 6.41. The van der Waals surface area contributed by atoms with Gasteiger partial charge in [0, 0.05) is 22.7 Å². The van der Waals surface area contributed by atoms with Gasteiger partial charge in [-0.25, -0.2) is 8.42 Å². The zero-order valence-corrected chi connectivity index (χ0v) is 16.5. The maximum absolute atomic E-state index is 13.0.